The average molecular weight is 342 g/mol. The van der Waals surface area contributed by atoms with E-state index in [0.29, 0.717) is 6.54 Å². The smallest absolute Gasteiger partial charge is 0.297 e. The Morgan fingerprint density at radius 1 is 1.25 bits per heavy atom. The summed E-state index contributed by atoms with van der Waals surface area (Å²) in [5.74, 6) is -0.147. The molecule has 0 radical (unpaired) electrons. The van der Waals surface area contributed by atoms with E-state index in [9.17, 15) is 9.59 Å². The molecule has 0 N–H and O–H groups in total. The lowest BCUT2D eigenvalue weighted by Crippen LogP contribution is -2.27. The van der Waals surface area contributed by atoms with Crippen LogP contribution in [0.5, 0.6) is 0 Å². The number of likely N-dealkylation sites (N-methyl/N-ethyl adjacent to an activating group) is 1. The van der Waals surface area contributed by atoms with Crippen LogP contribution >= 0.6 is 12.2 Å². The Labute approximate surface area is 146 Å². The fourth-order valence-electron chi connectivity index (χ4n) is 2.09. The summed E-state index contributed by atoms with van der Waals surface area (Å²) in [5.41, 5.74) is 0.784. The Morgan fingerprint density at radius 3 is 2.54 bits per heavy atom. The van der Waals surface area contributed by atoms with Crippen LogP contribution in [0.2, 0.25) is 0 Å². The van der Waals surface area contributed by atoms with Crippen molar-refractivity contribution in [2.24, 2.45) is 0 Å². The van der Waals surface area contributed by atoms with Crippen molar-refractivity contribution < 1.29 is 14.3 Å². The summed E-state index contributed by atoms with van der Waals surface area (Å²) < 4.78 is 5.24. The summed E-state index contributed by atoms with van der Waals surface area (Å²) >= 11 is 4.97. The maximum absolute atomic E-state index is 11.9. The first-order valence-electron chi connectivity index (χ1n) is 7.48. The lowest BCUT2D eigenvalue weighted by molar-refractivity contribution is -0.122. The van der Waals surface area contributed by atoms with Gasteiger partial charge in [0.05, 0.1) is 0 Å². The molecule has 24 heavy (non-hydrogen) atoms. The van der Waals surface area contributed by atoms with E-state index in [0.717, 1.165) is 5.69 Å². The lowest BCUT2D eigenvalue weighted by atomic mass is 10.3. The number of carbonyl (C=O) groups is 2. The van der Waals surface area contributed by atoms with E-state index >= 15 is 0 Å². The summed E-state index contributed by atoms with van der Waals surface area (Å²) in [4.78, 5) is 26.6. The number of rotatable bonds is 5. The molecule has 0 aliphatic carbocycles. The number of allylic oxidation sites excluding steroid dienone is 4. The van der Waals surface area contributed by atoms with Crippen molar-refractivity contribution in [3.05, 3.63) is 66.6 Å². The molecular formula is C18H18N2O3S. The number of para-hydroxylation sites is 1. The van der Waals surface area contributed by atoms with E-state index in [1.807, 2.05) is 37.3 Å². The summed E-state index contributed by atoms with van der Waals surface area (Å²) in [5, 5.41) is 0.171. The second-order valence-corrected chi connectivity index (χ2v) is 5.25. The molecular weight excluding hydrogens is 324 g/mol. The van der Waals surface area contributed by atoms with Gasteiger partial charge in [-0.15, -0.1) is 0 Å². The molecule has 0 aromatic heterocycles. The molecule has 0 bridgehead atoms. The molecule has 1 aliphatic heterocycles. The fraction of sp³-hybridized carbons (Fsp3) is 0.167. The van der Waals surface area contributed by atoms with Crippen LogP contribution in [0.3, 0.4) is 0 Å². The summed E-state index contributed by atoms with van der Waals surface area (Å²) in [6.07, 6.45) is 8.29. The Morgan fingerprint density at radius 2 is 1.96 bits per heavy atom. The largest absolute Gasteiger partial charge is 0.426 e. The average Bonchev–Trinajstić information content (AvgIpc) is 2.84. The van der Waals surface area contributed by atoms with Gasteiger partial charge in [0.1, 0.15) is 0 Å². The molecule has 1 aromatic carbocycles. The van der Waals surface area contributed by atoms with E-state index in [1.54, 1.807) is 30.5 Å². The molecule has 5 nitrogen and oxygen atoms in total. The second-order valence-electron chi connectivity index (χ2n) is 4.90. The number of thiocarbonyl (C=S) groups is 1. The van der Waals surface area contributed by atoms with Gasteiger partial charge in [0.2, 0.25) is 5.91 Å². The van der Waals surface area contributed by atoms with Crippen molar-refractivity contribution in [2.75, 3.05) is 11.4 Å². The van der Waals surface area contributed by atoms with Gasteiger partial charge in [0.15, 0.2) is 5.76 Å². The lowest BCUT2D eigenvalue weighted by Gasteiger charge is -2.15. The van der Waals surface area contributed by atoms with Gasteiger partial charge >= 0.3 is 0 Å². The third kappa shape index (κ3) is 4.17. The molecule has 0 saturated carbocycles. The monoisotopic (exact) mass is 342 g/mol. The van der Waals surface area contributed by atoms with Gasteiger partial charge in [-0.05, 0) is 43.4 Å². The van der Waals surface area contributed by atoms with Crippen LogP contribution in [0.4, 0.5) is 5.69 Å². The van der Waals surface area contributed by atoms with Gasteiger partial charge in [0.25, 0.3) is 11.1 Å². The molecule has 2 rings (SSSR count). The number of benzene rings is 1. The van der Waals surface area contributed by atoms with Crippen molar-refractivity contribution in [1.82, 2.24) is 4.90 Å². The standard InChI is InChI=1S/C18H18N2O3S/c1-3-19-17(22)16(23-18(19)24)12-8-5-9-13-20(14(2)21)15-10-6-4-7-11-15/h4-13H,3H2,1-2H3. The van der Waals surface area contributed by atoms with Crippen molar-refractivity contribution in [1.29, 1.82) is 0 Å². The highest BCUT2D eigenvalue weighted by atomic mass is 32.1. The molecule has 0 atom stereocenters. The Balaban J connectivity index is 2.04. The van der Waals surface area contributed by atoms with Crippen molar-refractivity contribution in [2.45, 2.75) is 13.8 Å². The minimum absolute atomic E-state index is 0.0950. The molecule has 1 saturated heterocycles. The summed E-state index contributed by atoms with van der Waals surface area (Å²) in [7, 11) is 0. The number of hydrogen-bond acceptors (Lipinski definition) is 4. The molecule has 2 amide bonds. The number of nitrogens with zero attached hydrogens (tertiary/aromatic N) is 2. The summed E-state index contributed by atoms with van der Waals surface area (Å²) in [6, 6.07) is 9.32. The zero-order valence-electron chi connectivity index (χ0n) is 13.5. The molecule has 1 aromatic rings. The van der Waals surface area contributed by atoms with Crippen molar-refractivity contribution in [3.8, 4) is 0 Å². The van der Waals surface area contributed by atoms with E-state index < -0.39 is 0 Å². The molecule has 6 heteroatoms. The zero-order valence-corrected chi connectivity index (χ0v) is 14.3. The molecule has 124 valence electrons. The third-order valence-electron chi connectivity index (χ3n) is 3.27. The highest BCUT2D eigenvalue weighted by Crippen LogP contribution is 2.16. The van der Waals surface area contributed by atoms with Gasteiger partial charge in [-0.25, -0.2) is 0 Å². The van der Waals surface area contributed by atoms with Crippen molar-refractivity contribution in [3.63, 3.8) is 0 Å². The van der Waals surface area contributed by atoms with Crippen LogP contribution in [-0.4, -0.2) is 28.4 Å². The quantitative estimate of drug-likeness (QED) is 0.469. The van der Waals surface area contributed by atoms with Crippen LogP contribution in [0.1, 0.15) is 13.8 Å². The van der Waals surface area contributed by atoms with Crippen molar-refractivity contribution >= 4 is 34.9 Å². The second kappa shape index (κ2) is 8.21. The Hall–Kier alpha value is -2.73. The van der Waals surface area contributed by atoms with Crippen LogP contribution in [0.15, 0.2) is 66.6 Å². The van der Waals surface area contributed by atoms with Crippen LogP contribution in [0.25, 0.3) is 0 Å². The maximum atomic E-state index is 11.9. The minimum atomic E-state index is -0.245. The minimum Gasteiger partial charge on any atom is -0.426 e. The predicted octanol–water partition coefficient (Wildman–Crippen LogP) is 3.16. The number of carbonyl (C=O) groups excluding carboxylic acids is 2. The highest BCUT2D eigenvalue weighted by Gasteiger charge is 2.31. The van der Waals surface area contributed by atoms with Crippen LogP contribution < -0.4 is 4.90 Å². The molecule has 1 fully saturated rings. The topological polar surface area (TPSA) is 49.9 Å². The first kappa shape index (κ1) is 17.6. The zero-order chi connectivity index (χ0) is 17.5. The first-order valence-corrected chi connectivity index (χ1v) is 7.89. The maximum Gasteiger partial charge on any atom is 0.297 e. The molecule has 1 aliphatic rings. The Kier molecular flexibility index (Phi) is 6.03. The van der Waals surface area contributed by atoms with E-state index in [2.05, 4.69) is 0 Å². The highest BCUT2D eigenvalue weighted by molar-refractivity contribution is 7.80. The molecule has 0 unspecified atom stereocenters. The van der Waals surface area contributed by atoms with Gasteiger partial charge in [-0.3, -0.25) is 19.4 Å². The molecule has 1 heterocycles. The van der Waals surface area contributed by atoms with Gasteiger partial charge in [0, 0.05) is 25.4 Å². The number of anilines is 1. The first-order chi connectivity index (χ1) is 11.5. The number of amides is 2. The van der Waals surface area contributed by atoms with Gasteiger partial charge in [-0.2, -0.15) is 0 Å². The van der Waals surface area contributed by atoms with Gasteiger partial charge < -0.3 is 4.74 Å². The predicted molar refractivity (Wildman–Crippen MR) is 97.0 cm³/mol. The molecule has 0 spiro atoms. The number of ether oxygens (including phenoxy) is 1. The fourth-order valence-corrected chi connectivity index (χ4v) is 2.39. The van der Waals surface area contributed by atoms with Crippen LogP contribution in [0, 0.1) is 0 Å². The van der Waals surface area contributed by atoms with Gasteiger partial charge in [-0.1, -0.05) is 30.4 Å². The number of hydrogen-bond donors (Lipinski definition) is 0. The van der Waals surface area contributed by atoms with Crippen LogP contribution in [-0.2, 0) is 14.3 Å². The Bertz CT molecular complexity index is 723. The SMILES string of the molecule is CCN1C(=O)C(=CC=CC=CN(C(C)=O)c2ccccc2)OC1=S. The normalized spacial score (nSPS) is 16.4. The van der Waals surface area contributed by atoms with E-state index in [4.69, 9.17) is 17.0 Å². The third-order valence-corrected chi connectivity index (χ3v) is 3.57. The van der Waals surface area contributed by atoms with E-state index in [1.165, 1.54) is 16.7 Å². The van der Waals surface area contributed by atoms with E-state index in [-0.39, 0.29) is 22.7 Å². The summed E-state index contributed by atoms with van der Waals surface area (Å²) in [6.45, 7) is 3.80.